The van der Waals surface area contributed by atoms with E-state index in [9.17, 15) is 12.8 Å². The van der Waals surface area contributed by atoms with Crippen LogP contribution in [0, 0.1) is 12.7 Å². The number of para-hydroxylation sites is 1. The summed E-state index contributed by atoms with van der Waals surface area (Å²) in [7, 11) is -3.88. The van der Waals surface area contributed by atoms with Crippen LogP contribution in [0.1, 0.15) is 5.56 Å². The highest BCUT2D eigenvalue weighted by molar-refractivity contribution is 7.92. The fourth-order valence-corrected chi connectivity index (χ4v) is 2.72. The van der Waals surface area contributed by atoms with Gasteiger partial charge in [0.25, 0.3) is 10.0 Å². The van der Waals surface area contributed by atoms with Crippen LogP contribution in [0.4, 0.5) is 10.1 Å². The molecule has 0 saturated carbocycles. The maximum absolute atomic E-state index is 13.6. The lowest BCUT2D eigenvalue weighted by molar-refractivity contribution is 0.475. The summed E-state index contributed by atoms with van der Waals surface area (Å²) in [4.78, 5) is -0.0482. The molecule has 0 amide bonds. The third-order valence-corrected chi connectivity index (χ3v) is 3.97. The molecule has 2 aromatic rings. The second kappa shape index (κ2) is 4.89. The molecule has 0 saturated heterocycles. The monoisotopic (exact) mass is 281 g/mol. The van der Waals surface area contributed by atoms with Gasteiger partial charge >= 0.3 is 0 Å². The van der Waals surface area contributed by atoms with E-state index in [-0.39, 0.29) is 16.3 Å². The van der Waals surface area contributed by atoms with Crippen LogP contribution in [0.2, 0.25) is 0 Å². The molecule has 2 N–H and O–H groups in total. The topological polar surface area (TPSA) is 66.4 Å². The minimum Gasteiger partial charge on any atom is -0.508 e. The van der Waals surface area contributed by atoms with E-state index in [0.29, 0.717) is 5.56 Å². The largest absolute Gasteiger partial charge is 0.508 e. The average Bonchev–Trinajstić information content (AvgIpc) is 2.35. The summed E-state index contributed by atoms with van der Waals surface area (Å²) in [6.07, 6.45) is 0. The van der Waals surface area contributed by atoms with E-state index in [4.69, 9.17) is 5.11 Å². The second-order valence-corrected chi connectivity index (χ2v) is 5.71. The maximum atomic E-state index is 13.6. The number of phenolic OH excluding ortho intramolecular Hbond substituents is 1. The molecule has 0 atom stereocenters. The Morgan fingerprint density at radius 1 is 1.11 bits per heavy atom. The van der Waals surface area contributed by atoms with Gasteiger partial charge in [-0.05, 0) is 42.8 Å². The van der Waals surface area contributed by atoms with Crippen LogP contribution in [-0.4, -0.2) is 13.5 Å². The van der Waals surface area contributed by atoms with Crippen LogP contribution in [0.3, 0.4) is 0 Å². The van der Waals surface area contributed by atoms with E-state index in [2.05, 4.69) is 4.72 Å². The van der Waals surface area contributed by atoms with Gasteiger partial charge in [-0.1, -0.05) is 12.1 Å². The Morgan fingerprint density at radius 2 is 1.74 bits per heavy atom. The molecule has 0 aliphatic heterocycles. The second-order valence-electron chi connectivity index (χ2n) is 4.03. The van der Waals surface area contributed by atoms with Crippen LogP contribution in [0.5, 0.6) is 5.75 Å². The third kappa shape index (κ3) is 2.85. The van der Waals surface area contributed by atoms with Crippen molar-refractivity contribution in [2.45, 2.75) is 11.8 Å². The molecule has 0 aliphatic carbocycles. The number of benzene rings is 2. The Kier molecular flexibility index (Phi) is 3.44. The maximum Gasteiger partial charge on any atom is 0.261 e. The highest BCUT2D eigenvalue weighted by Gasteiger charge is 2.17. The predicted octanol–water partition coefficient (Wildman–Crippen LogP) is 2.64. The molecule has 4 nitrogen and oxygen atoms in total. The molecule has 0 unspecified atom stereocenters. The summed E-state index contributed by atoms with van der Waals surface area (Å²) in [5.74, 6) is -0.677. The molecule has 2 aromatic carbocycles. The van der Waals surface area contributed by atoms with E-state index in [0.717, 1.165) is 0 Å². The zero-order valence-corrected chi connectivity index (χ0v) is 10.9. The van der Waals surface area contributed by atoms with Crippen molar-refractivity contribution < 1.29 is 17.9 Å². The van der Waals surface area contributed by atoms with Crippen LogP contribution < -0.4 is 4.72 Å². The molecule has 0 aromatic heterocycles. The van der Waals surface area contributed by atoms with Gasteiger partial charge in [-0.2, -0.15) is 0 Å². The number of hydrogen-bond donors (Lipinski definition) is 2. The van der Waals surface area contributed by atoms with E-state index < -0.39 is 15.8 Å². The zero-order valence-electron chi connectivity index (χ0n) is 10.1. The lowest BCUT2D eigenvalue weighted by Crippen LogP contribution is -2.14. The number of aromatic hydroxyl groups is 1. The summed E-state index contributed by atoms with van der Waals surface area (Å²) in [6.45, 7) is 1.61. The summed E-state index contributed by atoms with van der Waals surface area (Å²) in [5.41, 5.74) is 0.415. The number of aryl methyl sites for hydroxylation is 1. The van der Waals surface area contributed by atoms with Gasteiger partial charge in [-0.25, -0.2) is 12.8 Å². The SMILES string of the molecule is Cc1cccc(F)c1NS(=O)(=O)c1ccc(O)cc1. The van der Waals surface area contributed by atoms with Gasteiger partial charge in [-0.3, -0.25) is 4.72 Å². The zero-order chi connectivity index (χ0) is 14.0. The Bertz CT molecular complexity index is 676. The van der Waals surface area contributed by atoms with Crippen LogP contribution in [-0.2, 0) is 10.0 Å². The molecule has 100 valence electrons. The van der Waals surface area contributed by atoms with E-state index in [1.165, 1.54) is 36.4 Å². The number of rotatable bonds is 3. The minimum absolute atomic E-state index is 0.0407. The highest BCUT2D eigenvalue weighted by Crippen LogP contribution is 2.23. The normalized spacial score (nSPS) is 11.3. The number of hydrogen-bond acceptors (Lipinski definition) is 3. The molecule has 2 rings (SSSR count). The standard InChI is InChI=1S/C13H12FNO3S/c1-9-3-2-4-12(14)13(9)15-19(17,18)11-7-5-10(16)6-8-11/h2-8,15-16H,1H3. The van der Waals surface area contributed by atoms with Gasteiger partial charge in [0, 0.05) is 0 Å². The van der Waals surface area contributed by atoms with Crippen LogP contribution >= 0.6 is 0 Å². The molecule has 0 aliphatic rings. The molecular weight excluding hydrogens is 269 g/mol. The Balaban J connectivity index is 2.39. The smallest absolute Gasteiger partial charge is 0.261 e. The molecule has 0 bridgehead atoms. The number of halogens is 1. The van der Waals surface area contributed by atoms with Crippen molar-refractivity contribution in [2.24, 2.45) is 0 Å². The first-order valence-corrected chi connectivity index (χ1v) is 6.95. The molecule has 0 heterocycles. The van der Waals surface area contributed by atoms with Crippen molar-refractivity contribution in [3.63, 3.8) is 0 Å². The first-order chi connectivity index (χ1) is 8.90. The van der Waals surface area contributed by atoms with Gasteiger partial charge in [0.05, 0.1) is 10.6 Å². The fourth-order valence-electron chi connectivity index (χ4n) is 1.58. The van der Waals surface area contributed by atoms with Crippen molar-refractivity contribution >= 4 is 15.7 Å². The van der Waals surface area contributed by atoms with Gasteiger partial charge < -0.3 is 5.11 Å². The van der Waals surface area contributed by atoms with E-state index in [1.54, 1.807) is 13.0 Å². The first kappa shape index (κ1) is 13.4. The van der Waals surface area contributed by atoms with Crippen LogP contribution in [0.25, 0.3) is 0 Å². The third-order valence-electron chi connectivity index (χ3n) is 2.61. The predicted molar refractivity (Wildman–Crippen MR) is 70.1 cm³/mol. The lowest BCUT2D eigenvalue weighted by atomic mass is 10.2. The van der Waals surface area contributed by atoms with Crippen molar-refractivity contribution in [3.8, 4) is 5.75 Å². The lowest BCUT2D eigenvalue weighted by Gasteiger charge is -2.11. The highest BCUT2D eigenvalue weighted by atomic mass is 32.2. The van der Waals surface area contributed by atoms with Gasteiger partial charge in [0.2, 0.25) is 0 Å². The van der Waals surface area contributed by atoms with Crippen molar-refractivity contribution in [1.82, 2.24) is 0 Å². The molecule has 0 spiro atoms. The number of anilines is 1. The van der Waals surface area contributed by atoms with Crippen LogP contribution in [0.15, 0.2) is 47.4 Å². The van der Waals surface area contributed by atoms with E-state index >= 15 is 0 Å². The van der Waals surface area contributed by atoms with Crippen molar-refractivity contribution in [1.29, 1.82) is 0 Å². The van der Waals surface area contributed by atoms with Gasteiger partial charge in [0.1, 0.15) is 11.6 Å². The van der Waals surface area contributed by atoms with Gasteiger partial charge in [0.15, 0.2) is 0 Å². The molecular formula is C13H12FNO3S. The molecule has 0 radical (unpaired) electrons. The van der Waals surface area contributed by atoms with Gasteiger partial charge in [-0.15, -0.1) is 0 Å². The fraction of sp³-hybridized carbons (Fsp3) is 0.0769. The molecule has 0 fully saturated rings. The Morgan fingerprint density at radius 3 is 2.32 bits per heavy atom. The average molecular weight is 281 g/mol. The summed E-state index contributed by atoms with van der Waals surface area (Å²) in [5, 5.41) is 9.13. The quantitative estimate of drug-likeness (QED) is 0.909. The summed E-state index contributed by atoms with van der Waals surface area (Å²) < 4.78 is 39.9. The summed E-state index contributed by atoms with van der Waals surface area (Å²) >= 11 is 0. The molecule has 6 heteroatoms. The van der Waals surface area contributed by atoms with Crippen molar-refractivity contribution in [3.05, 3.63) is 53.8 Å². The number of phenols is 1. The Labute approximate surface area is 110 Å². The minimum atomic E-state index is -3.88. The van der Waals surface area contributed by atoms with Crippen molar-refractivity contribution in [2.75, 3.05) is 4.72 Å². The first-order valence-electron chi connectivity index (χ1n) is 5.47. The number of nitrogens with one attached hydrogen (secondary N) is 1. The Hall–Kier alpha value is -2.08. The summed E-state index contributed by atoms with van der Waals surface area (Å²) in [6, 6.07) is 9.29. The van der Waals surface area contributed by atoms with E-state index in [1.807, 2.05) is 0 Å². The number of sulfonamides is 1. The molecule has 19 heavy (non-hydrogen) atoms.